The molecule has 11 heavy (non-hydrogen) atoms. The fourth-order valence-corrected chi connectivity index (χ4v) is 0. The van der Waals surface area contributed by atoms with Gasteiger partial charge in [-0.3, -0.25) is 0 Å². The molecule has 0 saturated heterocycles. The first-order chi connectivity index (χ1) is 5.00. The number of rotatable bonds is 0. The van der Waals surface area contributed by atoms with Gasteiger partial charge in [0, 0.05) is 21.7 Å². The van der Waals surface area contributed by atoms with Crippen molar-refractivity contribution in [2.45, 2.75) is 34.6 Å². The van der Waals surface area contributed by atoms with Crippen LogP contribution in [0.25, 0.3) is 0 Å². The zero-order chi connectivity index (χ0) is 10.0. The SMILES string of the molecule is [CH2-]C.[CH2-]C.[CH2-]C.[CH2-]C.[CH2-]C.[Ti]. The first-order valence-corrected chi connectivity index (χ1v) is 3.54. The molecule has 0 amide bonds. The molecule has 0 heterocycles. The molecule has 0 bridgehead atoms. The third-order valence-corrected chi connectivity index (χ3v) is 0. The van der Waals surface area contributed by atoms with Crippen molar-refractivity contribution < 1.29 is 21.7 Å². The summed E-state index contributed by atoms with van der Waals surface area (Å²) < 4.78 is 0. The van der Waals surface area contributed by atoms with E-state index in [0.717, 1.165) is 0 Å². The van der Waals surface area contributed by atoms with Gasteiger partial charge in [-0.15, -0.1) is 0 Å². The van der Waals surface area contributed by atoms with Crippen molar-refractivity contribution in [2.24, 2.45) is 0 Å². The maximum Gasteiger partial charge on any atom is 0 e. The zero-order valence-electron chi connectivity index (χ0n) is 9.04. The second-order valence-corrected chi connectivity index (χ2v) is 0. The molecule has 0 spiro atoms. The third kappa shape index (κ3) is 1590. The van der Waals surface area contributed by atoms with Gasteiger partial charge < -0.3 is 34.6 Å². The normalized spacial score (nSPS) is 2.73. The third-order valence-electron chi connectivity index (χ3n) is 0. The van der Waals surface area contributed by atoms with Gasteiger partial charge in [0.15, 0.2) is 0 Å². The molecule has 0 nitrogen and oxygen atoms in total. The van der Waals surface area contributed by atoms with E-state index in [1.807, 2.05) is 0 Å². The predicted molar refractivity (Wildman–Crippen MR) is 55.2 cm³/mol. The molecule has 0 atom stereocenters. The molecular formula is C10H25Ti-5. The summed E-state index contributed by atoms with van der Waals surface area (Å²) in [5.74, 6) is 0. The van der Waals surface area contributed by atoms with Crippen LogP contribution in [0.2, 0.25) is 0 Å². The molecular weight excluding hydrogens is 168 g/mol. The van der Waals surface area contributed by atoms with Crippen LogP contribution in [0.15, 0.2) is 0 Å². The van der Waals surface area contributed by atoms with Crippen LogP contribution in [0, 0.1) is 34.6 Å². The van der Waals surface area contributed by atoms with Gasteiger partial charge in [-0.05, 0) is 0 Å². The Kier molecular flexibility index (Phi) is 7420. The van der Waals surface area contributed by atoms with E-state index in [9.17, 15) is 0 Å². The van der Waals surface area contributed by atoms with Crippen LogP contribution in [0.4, 0.5) is 0 Å². The quantitative estimate of drug-likeness (QED) is 0.399. The summed E-state index contributed by atoms with van der Waals surface area (Å²) in [5, 5.41) is 0. The van der Waals surface area contributed by atoms with Crippen LogP contribution < -0.4 is 0 Å². The summed E-state index contributed by atoms with van der Waals surface area (Å²) in [4.78, 5) is 0. The van der Waals surface area contributed by atoms with E-state index in [0.29, 0.717) is 0 Å². The van der Waals surface area contributed by atoms with Gasteiger partial charge in [0.25, 0.3) is 0 Å². The smallest absolute Gasteiger partial charge is 0 e. The minimum atomic E-state index is 0. The second-order valence-electron chi connectivity index (χ2n) is 0. The molecule has 74 valence electrons. The Hall–Kier alpha value is 0.714. The average molecular weight is 193 g/mol. The summed E-state index contributed by atoms with van der Waals surface area (Å²) >= 11 is 0. The van der Waals surface area contributed by atoms with E-state index in [1.54, 1.807) is 34.6 Å². The summed E-state index contributed by atoms with van der Waals surface area (Å²) in [6.45, 7) is 25.0. The summed E-state index contributed by atoms with van der Waals surface area (Å²) in [7, 11) is 0. The Labute approximate surface area is 91.1 Å². The summed E-state index contributed by atoms with van der Waals surface area (Å²) in [6, 6.07) is 0. The van der Waals surface area contributed by atoms with Crippen LogP contribution in [0.5, 0.6) is 0 Å². The van der Waals surface area contributed by atoms with Crippen molar-refractivity contribution in [1.29, 1.82) is 0 Å². The second kappa shape index (κ2) is 1980. The molecule has 0 aliphatic rings. The molecule has 0 aromatic carbocycles. The van der Waals surface area contributed by atoms with Crippen LogP contribution in [-0.4, -0.2) is 0 Å². The topological polar surface area (TPSA) is 0 Å². The van der Waals surface area contributed by atoms with E-state index in [4.69, 9.17) is 0 Å². The summed E-state index contributed by atoms with van der Waals surface area (Å²) in [5.41, 5.74) is 0. The molecule has 0 aliphatic carbocycles. The predicted octanol–water partition coefficient (Wildman–Crippen LogP) is 4.20. The molecule has 0 fully saturated rings. The first kappa shape index (κ1) is 41.2. The van der Waals surface area contributed by atoms with Crippen molar-refractivity contribution in [3.63, 3.8) is 0 Å². The Morgan fingerprint density at radius 1 is 0.364 bits per heavy atom. The van der Waals surface area contributed by atoms with Gasteiger partial charge in [-0.1, -0.05) is 0 Å². The van der Waals surface area contributed by atoms with Crippen molar-refractivity contribution in [3.8, 4) is 0 Å². The van der Waals surface area contributed by atoms with Crippen LogP contribution in [-0.2, 0) is 21.7 Å². The average Bonchev–Trinajstić information content (AvgIpc) is 2.20. The number of hydrogen-bond donors (Lipinski definition) is 0. The maximum absolute atomic E-state index is 3.25. The minimum absolute atomic E-state index is 0. The van der Waals surface area contributed by atoms with Crippen molar-refractivity contribution in [2.75, 3.05) is 0 Å². The van der Waals surface area contributed by atoms with Crippen LogP contribution in [0.1, 0.15) is 34.6 Å². The molecule has 0 aliphatic heterocycles. The van der Waals surface area contributed by atoms with Crippen molar-refractivity contribution >= 4 is 0 Å². The largest absolute Gasteiger partial charge is 0.346 e. The fourth-order valence-electron chi connectivity index (χ4n) is 0. The van der Waals surface area contributed by atoms with Gasteiger partial charge in [-0.25, -0.2) is 0 Å². The Balaban J connectivity index is -0.00000000694. The van der Waals surface area contributed by atoms with E-state index in [1.165, 1.54) is 0 Å². The first-order valence-electron chi connectivity index (χ1n) is 3.54. The standard InChI is InChI=1S/5C2H5.Ti/c5*1-2;/h5*1H2,2H3;/q5*-1;. The van der Waals surface area contributed by atoms with E-state index < -0.39 is 0 Å². The van der Waals surface area contributed by atoms with E-state index in [-0.39, 0.29) is 21.7 Å². The van der Waals surface area contributed by atoms with Gasteiger partial charge in [-0.2, -0.15) is 34.6 Å². The van der Waals surface area contributed by atoms with Gasteiger partial charge >= 0.3 is 0 Å². The molecule has 0 unspecified atom stereocenters. The van der Waals surface area contributed by atoms with Crippen molar-refractivity contribution in [3.05, 3.63) is 34.6 Å². The molecule has 0 N–H and O–H groups in total. The molecule has 0 rings (SSSR count). The van der Waals surface area contributed by atoms with E-state index in [2.05, 4.69) is 34.6 Å². The van der Waals surface area contributed by atoms with Gasteiger partial charge in [0.2, 0.25) is 0 Å². The Morgan fingerprint density at radius 3 is 0.364 bits per heavy atom. The van der Waals surface area contributed by atoms with E-state index >= 15 is 0 Å². The van der Waals surface area contributed by atoms with Crippen molar-refractivity contribution in [1.82, 2.24) is 0 Å². The molecule has 0 radical (unpaired) electrons. The fraction of sp³-hybridized carbons (Fsp3) is 0.500. The number of hydrogen-bond acceptors (Lipinski definition) is 0. The Bertz CT molecular complexity index is 4.83. The monoisotopic (exact) mass is 193 g/mol. The zero-order valence-corrected chi connectivity index (χ0v) is 10.6. The van der Waals surface area contributed by atoms with Crippen LogP contribution in [0.3, 0.4) is 0 Å². The van der Waals surface area contributed by atoms with Gasteiger partial charge in [0.1, 0.15) is 0 Å². The molecule has 1 heteroatoms. The molecule has 0 aromatic heterocycles. The maximum atomic E-state index is 3.25. The Morgan fingerprint density at radius 2 is 0.364 bits per heavy atom. The van der Waals surface area contributed by atoms with Crippen LogP contribution >= 0.6 is 0 Å². The molecule has 0 saturated carbocycles. The van der Waals surface area contributed by atoms with Gasteiger partial charge in [0.05, 0.1) is 0 Å². The molecule has 0 aromatic rings. The summed E-state index contributed by atoms with van der Waals surface area (Å²) in [6.07, 6.45) is 0. The minimum Gasteiger partial charge on any atom is -0.346 e.